The van der Waals surface area contributed by atoms with Crippen LogP contribution in [-0.2, 0) is 0 Å². The molecule has 2 heteroatoms. The van der Waals surface area contributed by atoms with Crippen LogP contribution in [0.2, 0.25) is 0 Å². The number of allylic oxidation sites excluding steroid dienone is 1. The van der Waals surface area contributed by atoms with Gasteiger partial charge in [0.2, 0.25) is 0 Å². The minimum Gasteiger partial charge on any atom is -0.167 e. The normalized spacial score (nSPS) is 11.1. The highest BCUT2D eigenvalue weighted by Gasteiger charge is 1.97. The summed E-state index contributed by atoms with van der Waals surface area (Å²) in [5, 5.41) is 7.37. The quantitative estimate of drug-likeness (QED) is 0.511. The summed E-state index contributed by atoms with van der Waals surface area (Å²) >= 11 is 0. The molecule has 0 saturated heterocycles. The van der Waals surface area contributed by atoms with Gasteiger partial charge in [-0.1, -0.05) is 36.4 Å². The predicted molar refractivity (Wildman–Crippen MR) is 62.9 cm³/mol. The van der Waals surface area contributed by atoms with Crippen molar-refractivity contribution in [2.75, 3.05) is 0 Å². The monoisotopic (exact) mass is 186 g/mol. The first-order chi connectivity index (χ1) is 6.65. The van der Waals surface area contributed by atoms with Gasteiger partial charge in [-0.3, -0.25) is 0 Å². The Morgan fingerprint density at radius 1 is 1.07 bits per heavy atom. The largest absolute Gasteiger partial charge is 0.167 e. The van der Waals surface area contributed by atoms with Gasteiger partial charge in [0.15, 0.2) is 0 Å². The van der Waals surface area contributed by atoms with Crippen molar-refractivity contribution in [1.29, 1.82) is 0 Å². The molecule has 1 rings (SSSR count). The lowest BCUT2D eigenvalue weighted by atomic mass is 10.0. The van der Waals surface area contributed by atoms with E-state index in [1.807, 2.05) is 38.1 Å². The second-order valence-corrected chi connectivity index (χ2v) is 3.18. The summed E-state index contributed by atoms with van der Waals surface area (Å²) in [6.07, 6.45) is 0. The lowest BCUT2D eigenvalue weighted by Gasteiger charge is -2.02. The van der Waals surface area contributed by atoms with Crippen LogP contribution in [0.3, 0.4) is 0 Å². The van der Waals surface area contributed by atoms with Crippen molar-refractivity contribution in [2.24, 2.45) is 10.2 Å². The molecule has 0 fully saturated rings. The molecule has 0 aliphatic carbocycles. The summed E-state index contributed by atoms with van der Waals surface area (Å²) in [5.41, 5.74) is 4.14. The maximum Gasteiger partial charge on any atom is 0.0671 e. The number of hydrogen-bond acceptors (Lipinski definition) is 2. The van der Waals surface area contributed by atoms with E-state index in [0.717, 1.165) is 22.4 Å². The molecule has 0 unspecified atom stereocenters. The summed E-state index contributed by atoms with van der Waals surface area (Å²) in [7, 11) is 0. The van der Waals surface area contributed by atoms with E-state index in [9.17, 15) is 0 Å². The van der Waals surface area contributed by atoms with Crippen molar-refractivity contribution in [1.82, 2.24) is 0 Å². The zero-order valence-corrected chi connectivity index (χ0v) is 8.62. The third-order valence-electron chi connectivity index (χ3n) is 2.02. The van der Waals surface area contributed by atoms with Gasteiger partial charge in [-0.2, -0.15) is 10.2 Å². The lowest BCUT2D eigenvalue weighted by Crippen LogP contribution is -1.93. The number of hydrogen-bond donors (Lipinski definition) is 0. The van der Waals surface area contributed by atoms with Gasteiger partial charge in [0.25, 0.3) is 0 Å². The first kappa shape index (κ1) is 10.4. The Kier molecular flexibility index (Phi) is 3.35. The molecule has 2 nitrogen and oxygen atoms in total. The van der Waals surface area contributed by atoms with Crippen molar-refractivity contribution >= 4 is 18.0 Å². The molecule has 0 bridgehead atoms. The molecular weight excluding hydrogens is 172 g/mol. The third-order valence-corrected chi connectivity index (χ3v) is 2.02. The Labute approximate surface area is 84.7 Å². The van der Waals surface area contributed by atoms with Crippen LogP contribution in [0.15, 0.2) is 41.0 Å². The molecule has 0 aliphatic heterocycles. The van der Waals surface area contributed by atoms with Gasteiger partial charge in [-0.15, -0.1) is 0 Å². The van der Waals surface area contributed by atoms with Gasteiger partial charge in [-0.05, 0) is 25.0 Å². The van der Waals surface area contributed by atoms with Crippen LogP contribution in [0.25, 0.3) is 5.57 Å². The SMILES string of the molecule is C=NN=C(C)c1ccc(C(=C)C)cc1. The predicted octanol–water partition coefficient (Wildman–Crippen LogP) is 3.14. The fourth-order valence-electron chi connectivity index (χ4n) is 1.16. The first-order valence-electron chi connectivity index (χ1n) is 4.41. The smallest absolute Gasteiger partial charge is 0.0671 e. The zero-order valence-electron chi connectivity index (χ0n) is 8.62. The fourth-order valence-corrected chi connectivity index (χ4v) is 1.16. The highest BCUT2D eigenvalue weighted by atomic mass is 15.2. The van der Waals surface area contributed by atoms with E-state index < -0.39 is 0 Å². The first-order valence-corrected chi connectivity index (χ1v) is 4.41. The minimum absolute atomic E-state index is 0.869. The molecule has 1 aromatic rings. The number of rotatable bonds is 3. The van der Waals surface area contributed by atoms with E-state index in [4.69, 9.17) is 0 Å². The Balaban J connectivity index is 2.99. The summed E-state index contributed by atoms with van der Waals surface area (Å²) in [5.74, 6) is 0. The maximum atomic E-state index is 3.88. The van der Waals surface area contributed by atoms with E-state index in [1.165, 1.54) is 0 Å². The number of nitrogens with zero attached hydrogens (tertiary/aromatic N) is 2. The maximum absolute atomic E-state index is 3.88. The van der Waals surface area contributed by atoms with E-state index in [-0.39, 0.29) is 0 Å². The Bertz CT molecular complexity index is 372. The molecule has 0 radical (unpaired) electrons. The molecule has 0 saturated carbocycles. The molecule has 0 aromatic heterocycles. The second kappa shape index (κ2) is 4.51. The molecule has 0 heterocycles. The van der Waals surface area contributed by atoms with Gasteiger partial charge in [0.05, 0.1) is 5.71 Å². The Morgan fingerprint density at radius 2 is 1.57 bits per heavy atom. The van der Waals surface area contributed by atoms with Crippen LogP contribution in [0, 0.1) is 0 Å². The van der Waals surface area contributed by atoms with Crippen LogP contribution >= 0.6 is 0 Å². The molecule has 0 spiro atoms. The number of benzene rings is 1. The molecule has 1 aromatic carbocycles. The van der Waals surface area contributed by atoms with Crippen LogP contribution in [-0.4, -0.2) is 12.4 Å². The van der Waals surface area contributed by atoms with E-state index in [1.54, 1.807) is 0 Å². The molecule has 0 atom stereocenters. The van der Waals surface area contributed by atoms with Crippen molar-refractivity contribution in [3.63, 3.8) is 0 Å². The van der Waals surface area contributed by atoms with E-state index in [0.29, 0.717) is 0 Å². The fraction of sp³-hybridized carbons (Fsp3) is 0.167. The van der Waals surface area contributed by atoms with Gasteiger partial charge >= 0.3 is 0 Å². The highest BCUT2D eigenvalue weighted by Crippen LogP contribution is 2.12. The van der Waals surface area contributed by atoms with Crippen molar-refractivity contribution in [3.05, 3.63) is 42.0 Å². The minimum atomic E-state index is 0.869. The second-order valence-electron chi connectivity index (χ2n) is 3.18. The van der Waals surface area contributed by atoms with Gasteiger partial charge in [-0.25, -0.2) is 0 Å². The Morgan fingerprint density at radius 3 is 2.00 bits per heavy atom. The molecule has 72 valence electrons. The zero-order chi connectivity index (χ0) is 10.6. The van der Waals surface area contributed by atoms with E-state index >= 15 is 0 Å². The topological polar surface area (TPSA) is 24.7 Å². The van der Waals surface area contributed by atoms with Gasteiger partial charge < -0.3 is 0 Å². The average Bonchev–Trinajstić information content (AvgIpc) is 2.18. The molecule has 0 amide bonds. The average molecular weight is 186 g/mol. The summed E-state index contributed by atoms with van der Waals surface area (Å²) in [4.78, 5) is 0. The highest BCUT2D eigenvalue weighted by molar-refractivity contribution is 5.98. The molecule has 0 aliphatic rings. The molecule has 0 N–H and O–H groups in total. The van der Waals surface area contributed by atoms with Gasteiger partial charge in [0, 0.05) is 6.72 Å². The van der Waals surface area contributed by atoms with Crippen LogP contribution in [0.4, 0.5) is 0 Å². The standard InChI is InChI=1S/C12H14N2/c1-9(2)11-5-7-12(8-6-11)10(3)14-13-4/h5-8H,1,4H2,2-3H3. The molecular formula is C12H14N2. The lowest BCUT2D eigenvalue weighted by molar-refractivity contribution is 1.25. The van der Waals surface area contributed by atoms with Gasteiger partial charge in [0.1, 0.15) is 0 Å². The van der Waals surface area contributed by atoms with Crippen LogP contribution in [0.1, 0.15) is 25.0 Å². The summed E-state index contributed by atoms with van der Waals surface area (Å²) in [6, 6.07) is 8.07. The molecule has 14 heavy (non-hydrogen) atoms. The summed E-state index contributed by atoms with van der Waals surface area (Å²) < 4.78 is 0. The summed E-state index contributed by atoms with van der Waals surface area (Å²) in [6.45, 7) is 11.1. The van der Waals surface area contributed by atoms with Crippen LogP contribution < -0.4 is 0 Å². The van der Waals surface area contributed by atoms with Crippen molar-refractivity contribution < 1.29 is 0 Å². The van der Waals surface area contributed by atoms with Crippen molar-refractivity contribution in [2.45, 2.75) is 13.8 Å². The van der Waals surface area contributed by atoms with Crippen molar-refractivity contribution in [3.8, 4) is 0 Å². The Hall–Kier alpha value is -1.70. The third kappa shape index (κ3) is 2.39. The van der Waals surface area contributed by atoms with E-state index in [2.05, 4.69) is 23.5 Å². The van der Waals surface area contributed by atoms with Crippen LogP contribution in [0.5, 0.6) is 0 Å².